The number of nitrogens with one attached hydrogen (secondary N) is 1. The molecule has 0 atom stereocenters. The fraction of sp³-hybridized carbons (Fsp3) is 0.125. The van der Waals surface area contributed by atoms with E-state index >= 15 is 0 Å². The average molecular weight is 397 g/mol. The molecule has 0 spiro atoms. The van der Waals surface area contributed by atoms with Crippen molar-refractivity contribution in [3.63, 3.8) is 0 Å². The van der Waals surface area contributed by atoms with Crippen LogP contribution >= 0.6 is 0 Å². The van der Waals surface area contributed by atoms with Crippen molar-refractivity contribution in [3.8, 4) is 5.75 Å². The van der Waals surface area contributed by atoms with Crippen LogP contribution in [0.3, 0.4) is 0 Å². The predicted octanol–water partition coefficient (Wildman–Crippen LogP) is 4.83. The number of hydrogen-bond acceptors (Lipinski definition) is 6. The van der Waals surface area contributed by atoms with Crippen molar-refractivity contribution < 1.29 is 4.74 Å². The molecule has 0 fully saturated rings. The van der Waals surface area contributed by atoms with E-state index in [1.165, 1.54) is 5.56 Å². The smallest absolute Gasteiger partial charge is 0.244 e. The molecule has 6 heteroatoms. The van der Waals surface area contributed by atoms with E-state index in [1.807, 2.05) is 60.7 Å². The summed E-state index contributed by atoms with van der Waals surface area (Å²) in [6, 6.07) is 28.4. The average Bonchev–Trinajstić information content (AvgIpc) is 2.83. The number of methoxy groups -OCH3 is 1. The van der Waals surface area contributed by atoms with Crippen LogP contribution in [0.25, 0.3) is 0 Å². The number of nitrogens with zero attached hydrogens (tertiary/aromatic N) is 4. The van der Waals surface area contributed by atoms with Crippen LogP contribution in [0, 0.1) is 0 Å². The van der Waals surface area contributed by atoms with Crippen LogP contribution in [0.5, 0.6) is 5.75 Å². The second-order valence-corrected chi connectivity index (χ2v) is 6.75. The second kappa shape index (κ2) is 9.52. The first-order valence-corrected chi connectivity index (χ1v) is 9.75. The number of hydrogen-bond donors (Lipinski definition) is 1. The molecule has 0 unspecified atom stereocenters. The van der Waals surface area contributed by atoms with Gasteiger partial charge in [-0.2, -0.15) is 10.1 Å². The van der Waals surface area contributed by atoms with Crippen molar-refractivity contribution in [2.75, 3.05) is 17.3 Å². The zero-order chi connectivity index (χ0) is 20.6. The first-order chi connectivity index (χ1) is 14.8. The first-order valence-electron chi connectivity index (χ1n) is 9.75. The summed E-state index contributed by atoms with van der Waals surface area (Å²) in [4.78, 5) is 6.84. The van der Waals surface area contributed by atoms with Gasteiger partial charge < -0.3 is 15.0 Å². The normalized spacial score (nSPS) is 10.4. The second-order valence-electron chi connectivity index (χ2n) is 6.75. The minimum atomic E-state index is 0.484. The zero-order valence-electron chi connectivity index (χ0n) is 16.8. The third-order valence-corrected chi connectivity index (χ3v) is 4.68. The zero-order valence-corrected chi connectivity index (χ0v) is 16.8. The summed E-state index contributed by atoms with van der Waals surface area (Å²) in [6.07, 6.45) is 1.69. The van der Waals surface area contributed by atoms with E-state index in [9.17, 15) is 0 Å². The molecule has 0 aliphatic rings. The summed E-state index contributed by atoms with van der Waals surface area (Å²) in [6.45, 7) is 1.28. The molecule has 4 rings (SSSR count). The Labute approximate surface area is 176 Å². The fourth-order valence-electron chi connectivity index (χ4n) is 3.10. The van der Waals surface area contributed by atoms with Crippen molar-refractivity contribution in [2.24, 2.45) is 0 Å². The Morgan fingerprint density at radius 2 is 1.53 bits per heavy atom. The van der Waals surface area contributed by atoms with Crippen LogP contribution in [0.4, 0.5) is 17.5 Å². The lowest BCUT2D eigenvalue weighted by Gasteiger charge is -2.24. The van der Waals surface area contributed by atoms with Crippen LogP contribution in [0.2, 0.25) is 0 Å². The summed E-state index contributed by atoms with van der Waals surface area (Å²) in [5.41, 5.74) is 3.34. The number of ether oxygens (including phenoxy) is 1. The molecule has 6 nitrogen and oxygen atoms in total. The molecular weight excluding hydrogens is 374 g/mol. The molecule has 0 amide bonds. The van der Waals surface area contributed by atoms with Crippen molar-refractivity contribution in [1.29, 1.82) is 0 Å². The Kier molecular flexibility index (Phi) is 6.15. The largest absolute Gasteiger partial charge is 0.497 e. The number of aromatic nitrogens is 3. The Hall–Kier alpha value is -3.93. The maximum atomic E-state index is 5.20. The standard InChI is InChI=1S/C24H23N5O/c1-30-22-14-12-19(13-15-22)16-25-24-27-23(17-26-28-24)29(21-10-6-3-7-11-21)18-20-8-4-2-5-9-20/h2-15,17H,16,18H2,1H3,(H,25,27,28). The molecule has 150 valence electrons. The summed E-state index contributed by atoms with van der Waals surface area (Å²) in [5, 5.41) is 11.6. The Morgan fingerprint density at radius 3 is 2.23 bits per heavy atom. The Morgan fingerprint density at radius 1 is 0.833 bits per heavy atom. The van der Waals surface area contributed by atoms with Gasteiger partial charge in [0.15, 0.2) is 5.82 Å². The van der Waals surface area contributed by atoms with Crippen molar-refractivity contribution >= 4 is 17.5 Å². The topological polar surface area (TPSA) is 63.2 Å². The van der Waals surface area contributed by atoms with Gasteiger partial charge in [-0.15, -0.1) is 5.10 Å². The number of anilines is 3. The molecule has 0 bridgehead atoms. The van der Waals surface area contributed by atoms with Gasteiger partial charge >= 0.3 is 0 Å². The van der Waals surface area contributed by atoms with Gasteiger partial charge in [-0.1, -0.05) is 60.7 Å². The predicted molar refractivity (Wildman–Crippen MR) is 119 cm³/mol. The highest BCUT2D eigenvalue weighted by Crippen LogP contribution is 2.25. The SMILES string of the molecule is COc1ccc(CNc2nncc(N(Cc3ccccc3)c3ccccc3)n2)cc1. The van der Waals surface area contributed by atoms with Crippen LogP contribution in [0.1, 0.15) is 11.1 Å². The van der Waals surface area contributed by atoms with Gasteiger partial charge in [-0.25, -0.2) is 0 Å². The van der Waals surface area contributed by atoms with Gasteiger partial charge in [-0.05, 0) is 35.4 Å². The van der Waals surface area contributed by atoms with Gasteiger partial charge in [0, 0.05) is 18.8 Å². The van der Waals surface area contributed by atoms with Gasteiger partial charge in [0.05, 0.1) is 13.3 Å². The molecule has 0 aliphatic heterocycles. The van der Waals surface area contributed by atoms with E-state index in [-0.39, 0.29) is 0 Å². The third-order valence-electron chi connectivity index (χ3n) is 4.68. The number of benzene rings is 3. The van der Waals surface area contributed by atoms with E-state index in [0.717, 1.165) is 22.8 Å². The van der Waals surface area contributed by atoms with E-state index in [1.54, 1.807) is 13.3 Å². The van der Waals surface area contributed by atoms with Crippen LogP contribution in [0.15, 0.2) is 91.1 Å². The van der Waals surface area contributed by atoms with Gasteiger partial charge in [0.2, 0.25) is 5.95 Å². The number of para-hydroxylation sites is 1. The third kappa shape index (κ3) is 4.91. The molecule has 0 saturated carbocycles. The molecule has 4 aromatic rings. The lowest BCUT2D eigenvalue weighted by Crippen LogP contribution is -2.19. The molecule has 30 heavy (non-hydrogen) atoms. The van der Waals surface area contributed by atoms with E-state index < -0.39 is 0 Å². The first kappa shape index (κ1) is 19.4. The Balaban J connectivity index is 1.55. The maximum absolute atomic E-state index is 5.20. The highest BCUT2D eigenvalue weighted by Gasteiger charge is 2.13. The minimum absolute atomic E-state index is 0.484. The van der Waals surface area contributed by atoms with Gasteiger partial charge in [0.25, 0.3) is 0 Å². The minimum Gasteiger partial charge on any atom is -0.497 e. The van der Waals surface area contributed by atoms with E-state index in [0.29, 0.717) is 19.0 Å². The van der Waals surface area contributed by atoms with Crippen LogP contribution < -0.4 is 15.0 Å². The summed E-state index contributed by atoms with van der Waals surface area (Å²) >= 11 is 0. The molecule has 1 N–H and O–H groups in total. The molecule has 1 heterocycles. The van der Waals surface area contributed by atoms with Crippen LogP contribution in [-0.2, 0) is 13.1 Å². The van der Waals surface area contributed by atoms with Crippen LogP contribution in [-0.4, -0.2) is 22.3 Å². The van der Waals surface area contributed by atoms with E-state index in [2.05, 4.69) is 44.7 Å². The summed E-state index contributed by atoms with van der Waals surface area (Å²) < 4.78 is 5.20. The summed E-state index contributed by atoms with van der Waals surface area (Å²) in [5.74, 6) is 2.05. The van der Waals surface area contributed by atoms with Gasteiger partial charge in [0.1, 0.15) is 5.75 Å². The lowest BCUT2D eigenvalue weighted by molar-refractivity contribution is 0.414. The number of rotatable bonds is 8. The summed E-state index contributed by atoms with van der Waals surface area (Å²) in [7, 11) is 1.66. The molecule has 3 aromatic carbocycles. The molecule has 0 radical (unpaired) electrons. The highest BCUT2D eigenvalue weighted by molar-refractivity contribution is 5.60. The van der Waals surface area contributed by atoms with Gasteiger partial charge in [-0.3, -0.25) is 0 Å². The fourth-order valence-corrected chi connectivity index (χ4v) is 3.10. The molecule has 1 aromatic heterocycles. The highest BCUT2D eigenvalue weighted by atomic mass is 16.5. The lowest BCUT2D eigenvalue weighted by atomic mass is 10.2. The van der Waals surface area contributed by atoms with E-state index in [4.69, 9.17) is 9.72 Å². The molecule has 0 saturated heterocycles. The monoisotopic (exact) mass is 397 g/mol. The maximum Gasteiger partial charge on any atom is 0.244 e. The molecule has 0 aliphatic carbocycles. The quantitative estimate of drug-likeness (QED) is 0.459. The van der Waals surface area contributed by atoms with Crippen molar-refractivity contribution in [1.82, 2.24) is 15.2 Å². The molecular formula is C24H23N5O. The Bertz CT molecular complexity index is 1060. The van der Waals surface area contributed by atoms with Crippen molar-refractivity contribution in [3.05, 3.63) is 102 Å². The van der Waals surface area contributed by atoms with Crippen molar-refractivity contribution in [2.45, 2.75) is 13.1 Å².